The molecular weight excluding hydrogens is 632 g/mol. The highest BCUT2D eigenvalue weighted by atomic mass is 32.2. The van der Waals surface area contributed by atoms with Gasteiger partial charge in [-0.15, -0.1) is 0 Å². The van der Waals surface area contributed by atoms with Gasteiger partial charge in [-0.25, -0.2) is 0 Å². The van der Waals surface area contributed by atoms with Crippen LogP contribution in [0.15, 0.2) is 0 Å². The van der Waals surface area contributed by atoms with E-state index in [2.05, 4.69) is 6.92 Å². The molecule has 282 valence electrons. The van der Waals surface area contributed by atoms with Gasteiger partial charge in [-0.1, -0.05) is 122 Å². The van der Waals surface area contributed by atoms with Gasteiger partial charge in [-0.2, -0.15) is 8.42 Å². The number of carbonyl (C=O) groups is 2. The van der Waals surface area contributed by atoms with Crippen LogP contribution in [0.4, 0.5) is 0 Å². The molecule has 0 saturated carbocycles. The Bertz CT molecular complexity index is 824. The van der Waals surface area contributed by atoms with E-state index in [0.29, 0.717) is 46.1 Å². The van der Waals surface area contributed by atoms with Crippen LogP contribution in [-0.4, -0.2) is 98.2 Å². The summed E-state index contributed by atoms with van der Waals surface area (Å²) in [7, 11) is -5.06. The maximum absolute atomic E-state index is 11.6. The van der Waals surface area contributed by atoms with Gasteiger partial charge in [0.1, 0.15) is 0 Å². The highest BCUT2D eigenvalue weighted by Gasteiger charge is 2.51. The van der Waals surface area contributed by atoms with E-state index in [4.69, 9.17) is 24.1 Å². The summed E-state index contributed by atoms with van der Waals surface area (Å²) in [5.41, 5.74) is 0. The third-order valence-corrected chi connectivity index (χ3v) is 9.71. The molecule has 47 heavy (non-hydrogen) atoms. The van der Waals surface area contributed by atoms with Crippen LogP contribution in [0, 0.1) is 0 Å². The molecule has 1 unspecified atom stereocenters. The van der Waals surface area contributed by atoms with E-state index in [-0.39, 0.29) is 11.9 Å². The van der Waals surface area contributed by atoms with Gasteiger partial charge in [0.2, 0.25) is 4.75 Å². The molecule has 0 bridgehead atoms. The maximum atomic E-state index is 11.6. The van der Waals surface area contributed by atoms with Crippen molar-refractivity contribution in [3.63, 3.8) is 0 Å². The molecule has 0 aromatic rings. The summed E-state index contributed by atoms with van der Waals surface area (Å²) in [5.74, 6) is -3.41. The van der Waals surface area contributed by atoms with E-state index >= 15 is 0 Å². The highest BCUT2D eigenvalue weighted by molar-refractivity contribution is 7.88. The van der Waals surface area contributed by atoms with Gasteiger partial charge in [-0.3, -0.25) is 14.1 Å². The van der Waals surface area contributed by atoms with Crippen LogP contribution in [0.1, 0.15) is 148 Å². The largest absolute Gasteiger partial charge is 0.481 e. The minimum atomic E-state index is -5.06. The molecule has 13 heteroatoms. The van der Waals surface area contributed by atoms with Crippen molar-refractivity contribution in [1.29, 1.82) is 0 Å². The molecule has 0 aliphatic carbocycles. The minimum absolute atomic E-state index is 0. The van der Waals surface area contributed by atoms with Gasteiger partial charge < -0.3 is 34.6 Å². The lowest BCUT2D eigenvalue weighted by Crippen LogP contribution is -2.48. The van der Waals surface area contributed by atoms with Gasteiger partial charge >= 0.3 is 11.9 Å². The van der Waals surface area contributed by atoms with E-state index in [1.54, 1.807) is 0 Å². The molecule has 1 atom stereocenters. The van der Waals surface area contributed by atoms with Gasteiger partial charge in [-0.05, 0) is 19.3 Å². The number of hydrogen-bond acceptors (Lipinski definition) is 8. The Morgan fingerprint density at radius 1 is 0.511 bits per heavy atom. The molecule has 0 aliphatic heterocycles. The van der Waals surface area contributed by atoms with Crippen LogP contribution >= 0.6 is 0 Å². The number of carboxylic acids is 2. The molecular formula is C34H68O12S. The lowest BCUT2D eigenvalue weighted by atomic mass is 9.96. The normalized spacial score (nSPS) is 12.9. The summed E-state index contributed by atoms with van der Waals surface area (Å²) >= 11 is 0. The summed E-state index contributed by atoms with van der Waals surface area (Å²) in [6, 6.07) is 0. The Morgan fingerprint density at radius 3 is 1.11 bits per heavy atom. The molecule has 0 rings (SSSR count). The quantitative estimate of drug-likeness (QED) is 0.0465. The van der Waals surface area contributed by atoms with E-state index in [0.717, 1.165) is 71.0 Å². The smallest absolute Gasteiger partial charge is 0.328 e. The van der Waals surface area contributed by atoms with E-state index in [9.17, 15) is 27.7 Å². The molecule has 0 aromatic carbocycles. The van der Waals surface area contributed by atoms with Gasteiger partial charge in [0.05, 0.1) is 46.1 Å². The fraction of sp³-hybridized carbons (Fsp3) is 0.941. The Labute approximate surface area is 284 Å². The van der Waals surface area contributed by atoms with Crippen molar-refractivity contribution in [2.24, 2.45) is 0 Å². The average Bonchev–Trinajstić information content (AvgIpc) is 3.00. The first-order chi connectivity index (χ1) is 22.2. The average molecular weight is 701 g/mol. The Balaban J connectivity index is 0. The summed E-state index contributed by atoms with van der Waals surface area (Å²) < 4.78 is 52.3. The molecule has 0 aromatic heterocycles. The Kier molecular flexibility index (Phi) is 33.7. The topological polar surface area (TPSA) is 197 Å². The number of rotatable bonds is 37. The minimum Gasteiger partial charge on any atom is -0.481 e. The van der Waals surface area contributed by atoms with Crippen LogP contribution in [0.2, 0.25) is 0 Å². The monoisotopic (exact) mass is 700 g/mol. The number of unbranched alkanes of at least 4 members (excludes halogenated alkanes) is 18. The van der Waals surface area contributed by atoms with Crippen molar-refractivity contribution in [3.8, 4) is 0 Å². The van der Waals surface area contributed by atoms with Gasteiger partial charge in [0.15, 0.2) is 0 Å². The zero-order valence-electron chi connectivity index (χ0n) is 29.2. The second kappa shape index (κ2) is 33.2. The first-order valence-corrected chi connectivity index (χ1v) is 19.3. The standard InChI is InChI=1S/C34H66O11S.H2O/c1-2-3-4-5-6-7-11-14-17-20-23-42-25-27-44-29-30-45-28-26-43-24-21-18-15-12-9-8-10-13-16-19-22-34(33(37)38,31-32(35)36)46(39,40)41;/h2-31H2,1H3,(H,35,36)(H,37,38)(H,39,40,41);1H2. The van der Waals surface area contributed by atoms with Crippen LogP contribution in [0.5, 0.6) is 0 Å². The molecule has 12 nitrogen and oxygen atoms in total. The summed E-state index contributed by atoms with van der Waals surface area (Å²) in [5, 5.41) is 18.2. The third kappa shape index (κ3) is 28.2. The van der Waals surface area contributed by atoms with Crippen molar-refractivity contribution < 1.29 is 57.2 Å². The zero-order chi connectivity index (χ0) is 34.2. The lowest BCUT2D eigenvalue weighted by molar-refractivity contribution is -0.147. The summed E-state index contributed by atoms with van der Waals surface area (Å²) in [6.07, 6.45) is 20.7. The first kappa shape index (κ1) is 47.8. The molecule has 5 N–H and O–H groups in total. The second-order valence-electron chi connectivity index (χ2n) is 12.3. The molecule has 0 heterocycles. The van der Waals surface area contributed by atoms with Crippen molar-refractivity contribution in [1.82, 2.24) is 0 Å². The first-order valence-electron chi connectivity index (χ1n) is 17.9. The fourth-order valence-electron chi connectivity index (χ4n) is 5.33. The lowest BCUT2D eigenvalue weighted by Gasteiger charge is -2.24. The second-order valence-corrected chi connectivity index (χ2v) is 14.0. The van der Waals surface area contributed by atoms with Crippen LogP contribution in [0.3, 0.4) is 0 Å². The fourth-order valence-corrected chi connectivity index (χ4v) is 6.26. The number of aliphatic carboxylic acids is 2. The molecule has 0 radical (unpaired) electrons. The SMILES string of the molecule is CCCCCCCCCCCCOCCOCCOCCOCCCCCCCCCCCCC(CC(=O)O)(C(=O)O)S(=O)(=O)O.O. The molecule has 0 aliphatic rings. The molecule has 0 fully saturated rings. The predicted octanol–water partition coefficient (Wildman–Crippen LogP) is 6.63. The highest BCUT2D eigenvalue weighted by Crippen LogP contribution is 2.29. The van der Waals surface area contributed by atoms with Gasteiger partial charge in [0, 0.05) is 13.2 Å². The molecule has 0 spiro atoms. The molecule has 0 amide bonds. The number of carboxylic acid groups (broad SMARTS) is 2. The van der Waals surface area contributed by atoms with Crippen molar-refractivity contribution in [2.45, 2.75) is 153 Å². The molecule has 0 saturated heterocycles. The van der Waals surface area contributed by atoms with E-state index in [1.807, 2.05) is 0 Å². The summed E-state index contributed by atoms with van der Waals surface area (Å²) in [4.78, 5) is 22.5. The van der Waals surface area contributed by atoms with Crippen molar-refractivity contribution in [3.05, 3.63) is 0 Å². The summed E-state index contributed by atoms with van der Waals surface area (Å²) in [6.45, 7) is 7.29. The zero-order valence-corrected chi connectivity index (χ0v) is 30.0. The van der Waals surface area contributed by atoms with E-state index in [1.165, 1.54) is 57.8 Å². The van der Waals surface area contributed by atoms with Crippen LogP contribution in [-0.2, 0) is 38.7 Å². The van der Waals surface area contributed by atoms with E-state index < -0.39 is 39.6 Å². The van der Waals surface area contributed by atoms with Crippen LogP contribution in [0.25, 0.3) is 0 Å². The predicted molar refractivity (Wildman–Crippen MR) is 184 cm³/mol. The number of ether oxygens (including phenoxy) is 4. The Morgan fingerprint density at radius 2 is 0.809 bits per heavy atom. The number of hydrogen-bond donors (Lipinski definition) is 3. The van der Waals surface area contributed by atoms with Crippen molar-refractivity contribution in [2.75, 3.05) is 52.9 Å². The van der Waals surface area contributed by atoms with Gasteiger partial charge in [0.25, 0.3) is 10.1 Å². The Hall–Kier alpha value is -1.35. The third-order valence-electron chi connectivity index (χ3n) is 8.20. The maximum Gasteiger partial charge on any atom is 0.328 e. The van der Waals surface area contributed by atoms with Crippen LogP contribution < -0.4 is 0 Å². The van der Waals surface area contributed by atoms with Crippen molar-refractivity contribution >= 4 is 22.1 Å².